The summed E-state index contributed by atoms with van der Waals surface area (Å²) in [6, 6.07) is 21.4. The number of hydrogen-bond acceptors (Lipinski definition) is 6. The van der Waals surface area contributed by atoms with Gasteiger partial charge in [-0.1, -0.05) is 199 Å². The highest BCUT2D eigenvalue weighted by Gasteiger charge is 2.41. The maximum atomic E-state index is 14.1. The molecular formula is C48H55Cl4N5O3. The number of benzene rings is 4. The van der Waals surface area contributed by atoms with Gasteiger partial charge in [-0.05, 0) is 47.7 Å². The van der Waals surface area contributed by atoms with E-state index in [1.165, 1.54) is 95.6 Å². The number of halogens is 4. The third-order valence-corrected chi connectivity index (χ3v) is 12.7. The lowest BCUT2D eigenvalue weighted by molar-refractivity contribution is -0.124. The number of anilines is 2. The Bertz CT molecular complexity index is 2310. The quantitative estimate of drug-likeness (QED) is 0.0387. The Hall–Kier alpha value is -3.95. The molecule has 2 atom stereocenters. The molecule has 0 bridgehead atoms. The first-order valence-electron chi connectivity index (χ1n) is 21.7. The molecule has 1 heterocycles. The number of azo groups is 1. The number of ketones is 2. The molecule has 12 heteroatoms. The Morgan fingerprint density at radius 3 is 1.93 bits per heavy atom. The molecule has 1 aromatic heterocycles. The second-order valence-corrected chi connectivity index (χ2v) is 17.7. The van der Waals surface area contributed by atoms with Gasteiger partial charge in [0.25, 0.3) is 0 Å². The standard InChI is InChI=1S/C48H55Cl4N5O3/c1-2-3-4-5-6-7-8-9-10-11-12-13-14-15-16-17-22-34-29-42(58)43(46(34)59)33-26-27-37(50)41(28-33)53-47-44(55-54-40-25-20-23-32-21-18-19-24-36(32)40)48(60)57(56-47)45-38(51)30-35(49)31-39(45)52/h18-21,23-28,30-31,34,43,53,56H,2-17,22,29H2,1H3. The van der Waals surface area contributed by atoms with Crippen molar-refractivity contribution >= 4 is 91.6 Å². The number of aromatic nitrogens is 2. The molecule has 1 fully saturated rings. The Kier molecular flexibility index (Phi) is 17.3. The number of carbonyl (C=O) groups is 2. The van der Waals surface area contributed by atoms with E-state index in [1.807, 2.05) is 36.4 Å². The largest absolute Gasteiger partial charge is 0.337 e. The number of rotatable bonds is 23. The molecule has 0 amide bonds. The van der Waals surface area contributed by atoms with Crippen LogP contribution in [0, 0.1) is 5.92 Å². The first kappa shape index (κ1) is 45.6. The molecule has 0 radical (unpaired) electrons. The molecular weight excluding hydrogens is 836 g/mol. The van der Waals surface area contributed by atoms with Crippen molar-refractivity contribution in [2.45, 2.75) is 128 Å². The summed E-state index contributed by atoms with van der Waals surface area (Å²) < 4.78 is 1.16. The fraction of sp³-hybridized carbons (Fsp3) is 0.438. The third-order valence-electron chi connectivity index (χ3n) is 11.5. The summed E-state index contributed by atoms with van der Waals surface area (Å²) in [4.78, 5) is 41.2. The average Bonchev–Trinajstić information content (AvgIpc) is 3.69. The molecule has 1 aliphatic carbocycles. The SMILES string of the molecule is CCCCCCCCCCCCCCCCCCC1CC(=O)C(c2ccc(Cl)c(Nc3[nH]n(-c4c(Cl)cc(Cl)cc4Cl)c(=O)c3N=Nc3cccc4ccccc34)c2)C1=O. The number of nitrogens with zero attached hydrogens (tertiary/aromatic N) is 3. The minimum absolute atomic E-state index is 0.0506. The van der Waals surface area contributed by atoms with Crippen LogP contribution < -0.4 is 10.9 Å². The maximum Gasteiger partial charge on any atom is 0.301 e. The summed E-state index contributed by atoms with van der Waals surface area (Å²) in [6.45, 7) is 2.27. The number of aromatic amines is 1. The number of carbonyl (C=O) groups excluding carboxylic acids is 2. The van der Waals surface area contributed by atoms with Gasteiger partial charge in [0.2, 0.25) is 0 Å². The first-order valence-corrected chi connectivity index (χ1v) is 23.2. The zero-order chi connectivity index (χ0) is 42.4. The van der Waals surface area contributed by atoms with Crippen LogP contribution in [0.1, 0.15) is 134 Å². The van der Waals surface area contributed by atoms with Crippen LogP contribution in [0.25, 0.3) is 16.5 Å². The Labute approximate surface area is 373 Å². The van der Waals surface area contributed by atoms with E-state index in [0.29, 0.717) is 33.4 Å². The van der Waals surface area contributed by atoms with Gasteiger partial charge in [-0.2, -0.15) is 0 Å². The summed E-state index contributed by atoms with van der Waals surface area (Å²) in [6.07, 6.45) is 21.6. The topological polar surface area (TPSA) is 109 Å². The van der Waals surface area contributed by atoms with Crippen molar-refractivity contribution in [3.63, 3.8) is 0 Å². The zero-order valence-electron chi connectivity index (χ0n) is 34.4. The van der Waals surface area contributed by atoms with Crippen LogP contribution in [0.4, 0.5) is 22.9 Å². The molecule has 0 aliphatic heterocycles. The third kappa shape index (κ3) is 11.9. The van der Waals surface area contributed by atoms with Crippen molar-refractivity contribution in [2.75, 3.05) is 5.32 Å². The van der Waals surface area contributed by atoms with Gasteiger partial charge >= 0.3 is 5.56 Å². The summed E-state index contributed by atoms with van der Waals surface area (Å²) in [5, 5.41) is 17.8. The van der Waals surface area contributed by atoms with E-state index in [1.54, 1.807) is 24.3 Å². The number of Topliss-reactive ketones (excluding diaryl/α,β-unsaturated/α-hetero) is 2. The van der Waals surface area contributed by atoms with E-state index in [-0.39, 0.29) is 51.1 Å². The second-order valence-electron chi connectivity index (χ2n) is 16.1. The molecule has 6 rings (SSSR count). The zero-order valence-corrected chi connectivity index (χ0v) is 37.4. The van der Waals surface area contributed by atoms with Crippen LogP contribution in [0.3, 0.4) is 0 Å². The monoisotopic (exact) mass is 889 g/mol. The summed E-state index contributed by atoms with van der Waals surface area (Å²) in [7, 11) is 0. The lowest BCUT2D eigenvalue weighted by Crippen LogP contribution is -2.15. The normalized spacial score (nSPS) is 15.6. The summed E-state index contributed by atoms with van der Waals surface area (Å²) in [5.41, 5.74) is 0.938. The van der Waals surface area contributed by atoms with E-state index in [4.69, 9.17) is 46.4 Å². The minimum Gasteiger partial charge on any atom is -0.337 e. The van der Waals surface area contributed by atoms with Crippen molar-refractivity contribution in [3.8, 4) is 5.69 Å². The van der Waals surface area contributed by atoms with E-state index in [2.05, 4.69) is 27.6 Å². The highest BCUT2D eigenvalue weighted by atomic mass is 35.5. The highest BCUT2D eigenvalue weighted by molar-refractivity contribution is 6.40. The lowest BCUT2D eigenvalue weighted by atomic mass is 9.92. The second kappa shape index (κ2) is 22.8. The maximum absolute atomic E-state index is 14.1. The highest BCUT2D eigenvalue weighted by Crippen LogP contribution is 2.40. The number of H-pyrrole nitrogens is 1. The van der Waals surface area contributed by atoms with Gasteiger partial charge in [-0.15, -0.1) is 10.2 Å². The lowest BCUT2D eigenvalue weighted by Gasteiger charge is -2.14. The Morgan fingerprint density at radius 2 is 1.28 bits per heavy atom. The smallest absolute Gasteiger partial charge is 0.301 e. The summed E-state index contributed by atoms with van der Waals surface area (Å²) in [5.74, 6) is -1.18. The van der Waals surface area contributed by atoms with Gasteiger partial charge in [0.15, 0.2) is 17.3 Å². The molecule has 1 aliphatic rings. The number of hydrogen-bond donors (Lipinski definition) is 2. The number of nitrogens with one attached hydrogen (secondary N) is 2. The number of unbranched alkanes of at least 4 members (excludes halogenated alkanes) is 15. The molecule has 0 spiro atoms. The fourth-order valence-electron chi connectivity index (χ4n) is 8.26. The van der Waals surface area contributed by atoms with Gasteiger partial charge in [-0.3, -0.25) is 19.5 Å². The van der Waals surface area contributed by atoms with E-state index >= 15 is 0 Å². The minimum atomic E-state index is -0.880. The van der Waals surface area contributed by atoms with Crippen LogP contribution in [0.5, 0.6) is 0 Å². The molecule has 0 saturated heterocycles. The molecule has 60 heavy (non-hydrogen) atoms. The van der Waals surface area contributed by atoms with E-state index in [0.717, 1.165) is 34.7 Å². The molecule has 318 valence electrons. The molecule has 8 nitrogen and oxygen atoms in total. The average molecular weight is 892 g/mol. The van der Waals surface area contributed by atoms with Gasteiger partial charge < -0.3 is 5.32 Å². The van der Waals surface area contributed by atoms with Crippen LogP contribution in [-0.2, 0) is 9.59 Å². The summed E-state index contributed by atoms with van der Waals surface area (Å²) >= 11 is 26.0. The first-order chi connectivity index (χ1) is 29.2. The van der Waals surface area contributed by atoms with Crippen molar-refractivity contribution in [2.24, 2.45) is 16.1 Å². The van der Waals surface area contributed by atoms with Crippen molar-refractivity contribution in [1.29, 1.82) is 0 Å². The van der Waals surface area contributed by atoms with E-state index in [9.17, 15) is 14.4 Å². The molecule has 2 unspecified atom stereocenters. The van der Waals surface area contributed by atoms with Crippen LogP contribution >= 0.6 is 46.4 Å². The van der Waals surface area contributed by atoms with Gasteiger partial charge in [0, 0.05) is 22.7 Å². The van der Waals surface area contributed by atoms with E-state index < -0.39 is 11.5 Å². The van der Waals surface area contributed by atoms with Crippen LogP contribution in [0.2, 0.25) is 20.1 Å². The molecule has 2 N–H and O–H groups in total. The van der Waals surface area contributed by atoms with Gasteiger partial charge in [-0.25, -0.2) is 4.68 Å². The molecule has 5 aromatic rings. The van der Waals surface area contributed by atoms with Gasteiger partial charge in [0.05, 0.1) is 26.4 Å². The van der Waals surface area contributed by atoms with Crippen LogP contribution in [0.15, 0.2) is 87.8 Å². The van der Waals surface area contributed by atoms with Crippen LogP contribution in [-0.4, -0.2) is 21.3 Å². The van der Waals surface area contributed by atoms with Gasteiger partial charge in [0.1, 0.15) is 17.4 Å². The van der Waals surface area contributed by atoms with Crippen molar-refractivity contribution in [3.05, 3.63) is 109 Å². The fourth-order valence-corrected chi connectivity index (χ4v) is 9.41. The molecule has 1 saturated carbocycles. The number of fused-ring (bicyclic) bond motifs is 1. The predicted octanol–water partition coefficient (Wildman–Crippen LogP) is 16.0. The Morgan fingerprint density at radius 1 is 0.683 bits per heavy atom. The van der Waals surface area contributed by atoms with Crippen molar-refractivity contribution in [1.82, 2.24) is 9.78 Å². The molecule has 4 aromatic carbocycles. The van der Waals surface area contributed by atoms with Crippen molar-refractivity contribution < 1.29 is 9.59 Å². The Balaban J connectivity index is 1.08. The predicted molar refractivity (Wildman–Crippen MR) is 249 cm³/mol.